The van der Waals surface area contributed by atoms with Crippen LogP contribution in [0.25, 0.3) is 0 Å². The molecule has 0 saturated carbocycles. The maximum Gasteiger partial charge on any atom is 0.254 e. The molecule has 1 N–H and O–H groups in total. The molecule has 0 bridgehead atoms. The molecule has 1 unspecified atom stereocenters. The van der Waals surface area contributed by atoms with E-state index in [1.165, 1.54) is 24.3 Å². The third-order valence-electron chi connectivity index (χ3n) is 4.49. The van der Waals surface area contributed by atoms with Crippen molar-refractivity contribution >= 4 is 15.9 Å². The largest absolute Gasteiger partial charge is 0.332 e. The Bertz CT molecular complexity index is 897. The number of hydrogen-bond donors (Lipinski definition) is 1. The molecule has 0 radical (unpaired) electrons. The molecule has 0 aliphatic carbocycles. The summed E-state index contributed by atoms with van der Waals surface area (Å²) in [5.74, 6) is -0.531. The number of rotatable bonds is 5. The Balaban J connectivity index is 1.88. The topological polar surface area (TPSA) is 66.5 Å². The van der Waals surface area contributed by atoms with Gasteiger partial charge in [0.25, 0.3) is 5.91 Å². The molecule has 0 spiro atoms. The summed E-state index contributed by atoms with van der Waals surface area (Å²) in [7, 11) is -3.62. The lowest BCUT2D eigenvalue weighted by Crippen LogP contribution is -2.31. The Labute approximate surface area is 152 Å². The summed E-state index contributed by atoms with van der Waals surface area (Å²) in [6.45, 7) is 2.56. The van der Waals surface area contributed by atoms with Gasteiger partial charge in [0.05, 0.1) is 10.9 Å². The second-order valence-corrected chi connectivity index (χ2v) is 8.00. The van der Waals surface area contributed by atoms with E-state index in [9.17, 15) is 17.6 Å². The van der Waals surface area contributed by atoms with Crippen LogP contribution in [0.2, 0.25) is 0 Å². The van der Waals surface area contributed by atoms with Crippen molar-refractivity contribution in [1.29, 1.82) is 0 Å². The Hall–Kier alpha value is -2.25. The van der Waals surface area contributed by atoms with Crippen molar-refractivity contribution in [3.8, 4) is 0 Å². The Morgan fingerprint density at radius 3 is 2.65 bits per heavy atom. The zero-order valence-electron chi connectivity index (χ0n) is 14.5. The highest BCUT2D eigenvalue weighted by atomic mass is 32.2. The number of benzene rings is 2. The van der Waals surface area contributed by atoms with Crippen molar-refractivity contribution in [3.05, 3.63) is 65.5 Å². The molecule has 1 aliphatic rings. The molecule has 3 rings (SSSR count). The Kier molecular flexibility index (Phi) is 5.38. The molecule has 138 valence electrons. The van der Waals surface area contributed by atoms with Crippen molar-refractivity contribution < 1.29 is 17.6 Å². The minimum absolute atomic E-state index is 0.0720. The standard InChI is InChI=1S/C19H21FN2O3S/c1-2-21-26(24,25)17-6-3-5-15(13-17)19(23)22-12-4-7-18(22)14-8-10-16(20)11-9-14/h3,5-6,8-11,13,18,21H,2,4,7,12H2,1H3. The first-order chi connectivity index (χ1) is 12.4. The van der Waals surface area contributed by atoms with Gasteiger partial charge in [-0.25, -0.2) is 17.5 Å². The van der Waals surface area contributed by atoms with E-state index >= 15 is 0 Å². The summed E-state index contributed by atoms with van der Waals surface area (Å²) >= 11 is 0. The molecule has 1 aliphatic heterocycles. The highest BCUT2D eigenvalue weighted by Crippen LogP contribution is 2.33. The van der Waals surface area contributed by atoms with Crippen molar-refractivity contribution in [1.82, 2.24) is 9.62 Å². The second kappa shape index (κ2) is 7.55. The molecule has 1 amide bonds. The summed E-state index contributed by atoms with van der Waals surface area (Å²) in [6.07, 6.45) is 1.65. The second-order valence-electron chi connectivity index (χ2n) is 6.24. The third-order valence-corrected chi connectivity index (χ3v) is 6.04. The van der Waals surface area contributed by atoms with E-state index < -0.39 is 10.0 Å². The highest BCUT2D eigenvalue weighted by molar-refractivity contribution is 7.89. The average molecular weight is 376 g/mol. The molecule has 2 aromatic rings. The zero-order valence-corrected chi connectivity index (χ0v) is 15.3. The molecule has 7 heteroatoms. The SMILES string of the molecule is CCNS(=O)(=O)c1cccc(C(=O)N2CCCC2c2ccc(F)cc2)c1. The molecule has 1 saturated heterocycles. The number of sulfonamides is 1. The summed E-state index contributed by atoms with van der Waals surface area (Å²) in [5, 5.41) is 0. The summed E-state index contributed by atoms with van der Waals surface area (Å²) in [4.78, 5) is 14.8. The molecular weight excluding hydrogens is 355 g/mol. The van der Waals surface area contributed by atoms with Crippen LogP contribution in [-0.4, -0.2) is 32.3 Å². The molecule has 1 atom stereocenters. The van der Waals surface area contributed by atoms with Crippen LogP contribution < -0.4 is 4.72 Å². The molecule has 2 aromatic carbocycles. The number of nitrogens with zero attached hydrogens (tertiary/aromatic N) is 1. The van der Waals surface area contributed by atoms with Crippen LogP contribution in [0.5, 0.6) is 0 Å². The maximum atomic E-state index is 13.2. The van der Waals surface area contributed by atoms with Gasteiger partial charge in [0.1, 0.15) is 5.82 Å². The highest BCUT2D eigenvalue weighted by Gasteiger charge is 2.31. The number of likely N-dealkylation sites (tertiary alicyclic amines) is 1. The van der Waals surface area contributed by atoms with Gasteiger partial charge in [-0.05, 0) is 48.7 Å². The fourth-order valence-corrected chi connectivity index (χ4v) is 4.36. The Morgan fingerprint density at radius 1 is 1.23 bits per heavy atom. The van der Waals surface area contributed by atoms with Crippen LogP contribution in [0.1, 0.15) is 41.7 Å². The average Bonchev–Trinajstić information content (AvgIpc) is 3.11. The monoisotopic (exact) mass is 376 g/mol. The fourth-order valence-electron chi connectivity index (χ4n) is 3.28. The predicted molar refractivity (Wildman–Crippen MR) is 96.7 cm³/mol. The van der Waals surface area contributed by atoms with Crippen LogP contribution in [0.4, 0.5) is 4.39 Å². The fraction of sp³-hybridized carbons (Fsp3) is 0.316. The van der Waals surface area contributed by atoms with E-state index in [4.69, 9.17) is 0 Å². The van der Waals surface area contributed by atoms with E-state index in [0.717, 1.165) is 18.4 Å². The first kappa shape index (κ1) is 18.5. The van der Waals surface area contributed by atoms with Crippen molar-refractivity contribution in [2.45, 2.75) is 30.7 Å². The summed E-state index contributed by atoms with van der Waals surface area (Å²) < 4.78 is 39.9. The third kappa shape index (κ3) is 3.78. The Morgan fingerprint density at radius 2 is 1.96 bits per heavy atom. The van der Waals surface area contributed by atoms with Gasteiger partial charge in [-0.15, -0.1) is 0 Å². The van der Waals surface area contributed by atoms with Crippen molar-refractivity contribution in [2.24, 2.45) is 0 Å². The number of hydrogen-bond acceptors (Lipinski definition) is 3. The molecule has 0 aromatic heterocycles. The van der Waals surface area contributed by atoms with E-state index in [1.807, 2.05) is 0 Å². The smallest absolute Gasteiger partial charge is 0.254 e. The number of carbonyl (C=O) groups is 1. The molecule has 1 fully saturated rings. The predicted octanol–water partition coefficient (Wildman–Crippen LogP) is 3.10. The number of amides is 1. The van der Waals surface area contributed by atoms with Crippen LogP contribution in [0.3, 0.4) is 0 Å². The van der Waals surface area contributed by atoms with Crippen LogP contribution in [0.15, 0.2) is 53.4 Å². The molecular formula is C19H21FN2O3S. The van der Waals surface area contributed by atoms with E-state index in [0.29, 0.717) is 12.1 Å². The van der Waals surface area contributed by atoms with Crippen molar-refractivity contribution in [3.63, 3.8) is 0 Å². The van der Waals surface area contributed by atoms with Gasteiger partial charge in [-0.3, -0.25) is 4.79 Å². The zero-order chi connectivity index (χ0) is 18.7. The van der Waals surface area contributed by atoms with Crippen LogP contribution >= 0.6 is 0 Å². The van der Waals surface area contributed by atoms with Crippen LogP contribution in [-0.2, 0) is 10.0 Å². The van der Waals surface area contributed by atoms with Gasteiger partial charge in [0.2, 0.25) is 10.0 Å². The van der Waals surface area contributed by atoms with Gasteiger partial charge >= 0.3 is 0 Å². The van der Waals surface area contributed by atoms with Crippen LogP contribution in [0, 0.1) is 5.82 Å². The van der Waals surface area contributed by atoms with E-state index in [1.54, 1.807) is 36.1 Å². The van der Waals surface area contributed by atoms with Gasteiger partial charge in [-0.2, -0.15) is 0 Å². The lowest BCUT2D eigenvalue weighted by molar-refractivity contribution is 0.0735. The van der Waals surface area contributed by atoms with E-state index in [2.05, 4.69) is 4.72 Å². The number of halogens is 1. The normalized spacial score (nSPS) is 17.5. The quantitative estimate of drug-likeness (QED) is 0.872. The van der Waals surface area contributed by atoms with Crippen molar-refractivity contribution in [2.75, 3.05) is 13.1 Å². The van der Waals surface area contributed by atoms with Gasteiger partial charge in [-0.1, -0.05) is 25.1 Å². The van der Waals surface area contributed by atoms with E-state index in [-0.39, 0.29) is 29.2 Å². The maximum absolute atomic E-state index is 13.2. The minimum Gasteiger partial charge on any atom is -0.332 e. The first-order valence-electron chi connectivity index (χ1n) is 8.58. The van der Waals surface area contributed by atoms with Gasteiger partial charge in [0, 0.05) is 18.7 Å². The lowest BCUT2D eigenvalue weighted by atomic mass is 10.0. The molecule has 1 heterocycles. The lowest BCUT2D eigenvalue weighted by Gasteiger charge is -2.25. The molecule has 26 heavy (non-hydrogen) atoms. The summed E-state index contributed by atoms with van der Waals surface area (Å²) in [5.41, 5.74) is 1.21. The molecule has 5 nitrogen and oxygen atoms in total. The minimum atomic E-state index is -3.62. The number of carbonyl (C=O) groups excluding carboxylic acids is 1. The first-order valence-corrected chi connectivity index (χ1v) is 10.1. The van der Waals surface area contributed by atoms with Gasteiger partial charge < -0.3 is 4.90 Å². The van der Waals surface area contributed by atoms with Gasteiger partial charge in [0.15, 0.2) is 0 Å². The summed E-state index contributed by atoms with van der Waals surface area (Å²) in [6, 6.07) is 12.1. The number of nitrogens with one attached hydrogen (secondary N) is 1.